The molecule has 0 N–H and O–H groups in total. The Balaban J connectivity index is 1.46. The van der Waals surface area contributed by atoms with E-state index in [-0.39, 0.29) is 0 Å². The van der Waals surface area contributed by atoms with Crippen LogP contribution in [0.2, 0.25) is 0 Å². The predicted molar refractivity (Wildman–Crippen MR) is 119 cm³/mol. The molecule has 0 aliphatic heterocycles. The van der Waals surface area contributed by atoms with E-state index in [2.05, 4.69) is 43.0 Å². The molecule has 0 aromatic heterocycles. The third-order valence-corrected chi connectivity index (χ3v) is 5.97. The molecule has 1 aliphatic carbocycles. The summed E-state index contributed by atoms with van der Waals surface area (Å²) in [6.07, 6.45) is 11.1. The summed E-state index contributed by atoms with van der Waals surface area (Å²) in [5.74, 6) is 9.36. The first-order chi connectivity index (χ1) is 13.8. The minimum Gasteiger partial charge on any atom is -0.494 e. The first-order valence-corrected chi connectivity index (χ1v) is 11.1. The molecule has 1 nitrogen and oxygen atoms in total. The first-order valence-electron chi connectivity index (χ1n) is 11.1. The lowest BCUT2D eigenvalue weighted by molar-refractivity contribution is 0.252. The van der Waals surface area contributed by atoms with Crippen LogP contribution in [0.15, 0.2) is 48.5 Å². The van der Waals surface area contributed by atoms with Crippen LogP contribution in [0.25, 0.3) is 0 Å². The third-order valence-electron chi connectivity index (χ3n) is 5.97. The highest BCUT2D eigenvalue weighted by Gasteiger charge is 2.20. The smallest absolute Gasteiger partial charge is 0.119 e. The lowest BCUT2D eigenvalue weighted by atomic mass is 9.78. The van der Waals surface area contributed by atoms with E-state index >= 15 is 0 Å². The average molecular weight is 375 g/mol. The molecule has 0 atom stereocenters. The van der Waals surface area contributed by atoms with Crippen molar-refractivity contribution in [1.29, 1.82) is 0 Å². The molecular weight excluding hydrogens is 340 g/mol. The summed E-state index contributed by atoms with van der Waals surface area (Å²) < 4.78 is 5.47. The second-order valence-electron chi connectivity index (χ2n) is 8.12. The van der Waals surface area contributed by atoms with E-state index in [1.165, 1.54) is 56.9 Å². The molecular formula is C27H34O. The van der Waals surface area contributed by atoms with Crippen LogP contribution in [-0.2, 0) is 6.42 Å². The fourth-order valence-electron chi connectivity index (χ4n) is 4.29. The molecule has 2 aromatic carbocycles. The Morgan fingerprint density at radius 1 is 0.750 bits per heavy atom. The van der Waals surface area contributed by atoms with Gasteiger partial charge in [-0.05, 0) is 73.6 Å². The second kappa shape index (κ2) is 11.0. The number of benzene rings is 2. The molecule has 0 spiro atoms. The second-order valence-corrected chi connectivity index (χ2v) is 8.12. The lowest BCUT2D eigenvalue weighted by Crippen LogP contribution is -2.15. The zero-order valence-electron chi connectivity index (χ0n) is 17.5. The number of hydrogen-bond acceptors (Lipinski definition) is 1. The highest BCUT2D eigenvalue weighted by Crippen LogP contribution is 2.33. The molecule has 28 heavy (non-hydrogen) atoms. The largest absolute Gasteiger partial charge is 0.494 e. The molecule has 0 bridgehead atoms. The van der Waals surface area contributed by atoms with Crippen molar-refractivity contribution in [3.05, 3.63) is 65.2 Å². The van der Waals surface area contributed by atoms with E-state index in [0.29, 0.717) is 6.61 Å². The number of hydrogen-bond donors (Lipinski definition) is 0. The van der Waals surface area contributed by atoms with E-state index in [9.17, 15) is 0 Å². The average Bonchev–Trinajstić information content (AvgIpc) is 2.74. The van der Waals surface area contributed by atoms with Crippen molar-refractivity contribution in [2.24, 2.45) is 11.8 Å². The maximum atomic E-state index is 5.47. The highest BCUT2D eigenvalue weighted by molar-refractivity contribution is 5.44. The lowest BCUT2D eigenvalue weighted by Gasteiger charge is -2.28. The van der Waals surface area contributed by atoms with Gasteiger partial charge in [-0.25, -0.2) is 0 Å². The van der Waals surface area contributed by atoms with Crippen LogP contribution in [0.4, 0.5) is 0 Å². The van der Waals surface area contributed by atoms with Crippen LogP contribution >= 0.6 is 0 Å². The molecule has 0 heterocycles. The van der Waals surface area contributed by atoms with E-state index in [1.807, 2.05) is 31.2 Å². The van der Waals surface area contributed by atoms with Crippen LogP contribution in [-0.4, -0.2) is 6.61 Å². The monoisotopic (exact) mass is 374 g/mol. The quantitative estimate of drug-likeness (QED) is 0.473. The molecule has 1 fully saturated rings. The Morgan fingerprint density at radius 3 is 1.82 bits per heavy atom. The zero-order chi connectivity index (χ0) is 19.6. The van der Waals surface area contributed by atoms with Crippen molar-refractivity contribution in [1.82, 2.24) is 0 Å². The van der Waals surface area contributed by atoms with E-state index in [1.54, 1.807) is 0 Å². The van der Waals surface area contributed by atoms with Gasteiger partial charge in [-0.15, -0.1) is 0 Å². The minimum absolute atomic E-state index is 0.692. The van der Waals surface area contributed by atoms with Gasteiger partial charge in [-0.2, -0.15) is 0 Å². The van der Waals surface area contributed by atoms with Gasteiger partial charge in [-0.3, -0.25) is 0 Å². The van der Waals surface area contributed by atoms with E-state index < -0.39 is 0 Å². The van der Waals surface area contributed by atoms with Crippen LogP contribution in [0, 0.1) is 23.7 Å². The van der Waals surface area contributed by atoms with Gasteiger partial charge in [0.05, 0.1) is 6.61 Å². The van der Waals surface area contributed by atoms with Gasteiger partial charge in [0.2, 0.25) is 0 Å². The van der Waals surface area contributed by atoms with Crippen molar-refractivity contribution in [2.75, 3.05) is 6.61 Å². The number of aryl methyl sites for hydroxylation is 1. The molecule has 0 amide bonds. The van der Waals surface area contributed by atoms with Gasteiger partial charge < -0.3 is 4.74 Å². The van der Waals surface area contributed by atoms with Crippen LogP contribution in [0.1, 0.15) is 75.5 Å². The fourth-order valence-corrected chi connectivity index (χ4v) is 4.29. The number of rotatable bonds is 7. The third kappa shape index (κ3) is 6.45. The van der Waals surface area contributed by atoms with Gasteiger partial charge in [0.1, 0.15) is 5.75 Å². The normalized spacial score (nSPS) is 18.9. The van der Waals surface area contributed by atoms with Crippen molar-refractivity contribution in [3.63, 3.8) is 0 Å². The van der Waals surface area contributed by atoms with E-state index in [4.69, 9.17) is 4.74 Å². The molecule has 0 saturated heterocycles. The molecule has 2 aromatic rings. The van der Waals surface area contributed by atoms with Crippen LogP contribution in [0.5, 0.6) is 5.75 Å². The molecule has 1 saturated carbocycles. The summed E-state index contributed by atoms with van der Waals surface area (Å²) in [6.45, 7) is 5.01. The molecule has 148 valence electrons. The summed E-state index contributed by atoms with van der Waals surface area (Å²) in [5.41, 5.74) is 3.55. The van der Waals surface area contributed by atoms with Gasteiger partial charge in [-0.1, -0.05) is 69.4 Å². The van der Waals surface area contributed by atoms with Gasteiger partial charge in [0, 0.05) is 11.1 Å². The van der Waals surface area contributed by atoms with Crippen molar-refractivity contribution < 1.29 is 4.74 Å². The zero-order valence-corrected chi connectivity index (χ0v) is 17.5. The van der Waals surface area contributed by atoms with Gasteiger partial charge in [0.15, 0.2) is 0 Å². The molecule has 1 heteroatoms. The van der Waals surface area contributed by atoms with Crippen LogP contribution < -0.4 is 4.74 Å². The summed E-state index contributed by atoms with van der Waals surface area (Å²) in [6, 6.07) is 16.8. The molecule has 0 radical (unpaired) electrons. The summed E-state index contributed by atoms with van der Waals surface area (Å²) in [5, 5.41) is 0. The summed E-state index contributed by atoms with van der Waals surface area (Å²) in [4.78, 5) is 0. The SMILES string of the molecule is CCC[C@H]1CC[C@H](CCc2ccc(C#Cc3ccc(OCC)cc3)cc2)CC1. The fraction of sp³-hybridized carbons (Fsp3) is 0.481. The van der Waals surface area contributed by atoms with Crippen molar-refractivity contribution in [2.45, 2.75) is 65.2 Å². The minimum atomic E-state index is 0.692. The number of ether oxygens (including phenoxy) is 1. The highest BCUT2D eigenvalue weighted by atomic mass is 16.5. The standard InChI is InChI=1S/C27H34O/c1-3-5-22-6-8-23(9-7-22)10-11-24-12-14-25(15-13-24)16-17-26-18-20-27(21-19-26)28-4-2/h12-15,18-23H,3-11H2,1-2H3/t22-,23-. The Hall–Kier alpha value is -2.20. The van der Waals surface area contributed by atoms with E-state index in [0.717, 1.165) is 28.7 Å². The van der Waals surface area contributed by atoms with Crippen LogP contribution in [0.3, 0.4) is 0 Å². The summed E-state index contributed by atoms with van der Waals surface area (Å²) >= 11 is 0. The Labute approximate surface area is 171 Å². The molecule has 1 aliphatic rings. The predicted octanol–water partition coefficient (Wildman–Crippen LogP) is 7.02. The topological polar surface area (TPSA) is 9.23 Å². The van der Waals surface area contributed by atoms with Crippen molar-refractivity contribution in [3.8, 4) is 17.6 Å². The van der Waals surface area contributed by atoms with Crippen molar-refractivity contribution >= 4 is 0 Å². The Kier molecular flexibility index (Phi) is 8.04. The van der Waals surface area contributed by atoms with Gasteiger partial charge >= 0.3 is 0 Å². The Morgan fingerprint density at radius 2 is 1.29 bits per heavy atom. The molecule has 3 rings (SSSR count). The van der Waals surface area contributed by atoms with Gasteiger partial charge in [0.25, 0.3) is 0 Å². The summed E-state index contributed by atoms with van der Waals surface area (Å²) in [7, 11) is 0. The maximum Gasteiger partial charge on any atom is 0.119 e. The molecule has 0 unspecified atom stereocenters. The maximum absolute atomic E-state index is 5.47. The Bertz CT molecular complexity index is 753. The first kappa shape index (κ1) is 20.5.